The predicted molar refractivity (Wildman–Crippen MR) is 95.3 cm³/mol. The maximum Gasteiger partial charge on any atom is 0.321 e. The summed E-state index contributed by atoms with van der Waals surface area (Å²) in [5.74, 6) is 0.786. The monoisotopic (exact) mass is 337 g/mol. The van der Waals surface area contributed by atoms with Crippen LogP contribution in [0.3, 0.4) is 0 Å². The summed E-state index contributed by atoms with van der Waals surface area (Å²) in [6.45, 7) is 0.479. The topological polar surface area (TPSA) is 83.1 Å². The van der Waals surface area contributed by atoms with Crippen LogP contribution in [0.4, 0.5) is 10.5 Å². The number of hydrogen-bond acceptors (Lipinski definition) is 4. The van der Waals surface area contributed by atoms with Crippen LogP contribution >= 0.6 is 0 Å². The van der Waals surface area contributed by atoms with E-state index in [0.717, 1.165) is 11.3 Å². The number of hydrogen-bond donors (Lipinski definition) is 2. The highest BCUT2D eigenvalue weighted by Gasteiger charge is 2.14. The number of carbonyl (C=O) groups is 1. The summed E-state index contributed by atoms with van der Waals surface area (Å²) in [5.41, 5.74) is 2.99. The molecule has 7 nitrogen and oxygen atoms in total. The maximum absolute atomic E-state index is 12.4. The van der Waals surface area contributed by atoms with Crippen molar-refractivity contribution >= 4 is 11.7 Å². The Labute approximate surface area is 145 Å². The van der Waals surface area contributed by atoms with Crippen molar-refractivity contribution < 1.29 is 9.53 Å². The van der Waals surface area contributed by atoms with Gasteiger partial charge in [0, 0.05) is 19.8 Å². The van der Waals surface area contributed by atoms with E-state index >= 15 is 0 Å². The first-order valence-electron chi connectivity index (χ1n) is 7.77. The number of H-pyrrole nitrogens is 1. The fraction of sp³-hybridized carbons (Fsp3) is 0.167. The molecule has 2 aromatic heterocycles. The van der Waals surface area contributed by atoms with Gasteiger partial charge in [0.25, 0.3) is 0 Å². The van der Waals surface area contributed by atoms with Crippen molar-refractivity contribution in [1.29, 1.82) is 0 Å². The van der Waals surface area contributed by atoms with Crippen molar-refractivity contribution in [2.24, 2.45) is 0 Å². The number of amides is 2. The number of carbonyl (C=O) groups excluding carboxylic acids is 1. The molecule has 0 spiro atoms. The van der Waals surface area contributed by atoms with Gasteiger partial charge >= 0.3 is 6.03 Å². The molecular weight excluding hydrogens is 318 g/mol. The Balaban J connectivity index is 1.67. The standard InChI is InChI=1S/C18H19N5O2/c1-23(12-13-6-8-14(25-2)9-7-13)18(24)21-16-11-20-22-17(16)15-5-3-4-10-19-15/h3-11H,12H2,1-2H3,(H,20,22)(H,21,24). The van der Waals surface area contributed by atoms with Crippen LogP contribution in [0.5, 0.6) is 5.75 Å². The molecule has 0 unspecified atom stereocenters. The van der Waals surface area contributed by atoms with Crippen molar-refractivity contribution in [3.05, 3.63) is 60.4 Å². The summed E-state index contributed by atoms with van der Waals surface area (Å²) >= 11 is 0. The van der Waals surface area contributed by atoms with Gasteiger partial charge in [0.1, 0.15) is 11.4 Å². The number of benzene rings is 1. The minimum atomic E-state index is -0.227. The molecule has 1 aromatic carbocycles. The lowest BCUT2D eigenvalue weighted by Gasteiger charge is -2.18. The Morgan fingerprint density at radius 1 is 1.24 bits per heavy atom. The number of ether oxygens (including phenoxy) is 1. The van der Waals surface area contributed by atoms with Crippen molar-refractivity contribution in [3.63, 3.8) is 0 Å². The molecule has 0 fully saturated rings. The van der Waals surface area contributed by atoms with E-state index in [0.29, 0.717) is 23.6 Å². The highest BCUT2D eigenvalue weighted by atomic mass is 16.5. The molecule has 3 aromatic rings. The van der Waals surface area contributed by atoms with Crippen LogP contribution in [0.1, 0.15) is 5.56 Å². The molecule has 3 rings (SSSR count). The van der Waals surface area contributed by atoms with E-state index in [1.54, 1.807) is 31.5 Å². The van der Waals surface area contributed by atoms with Gasteiger partial charge in [-0.25, -0.2) is 4.79 Å². The smallest absolute Gasteiger partial charge is 0.321 e. The number of anilines is 1. The van der Waals surface area contributed by atoms with Crippen LogP contribution in [-0.4, -0.2) is 40.3 Å². The van der Waals surface area contributed by atoms with Crippen LogP contribution in [0.25, 0.3) is 11.4 Å². The van der Waals surface area contributed by atoms with Gasteiger partial charge in [-0.2, -0.15) is 5.10 Å². The fourth-order valence-electron chi connectivity index (χ4n) is 2.37. The molecular formula is C18H19N5O2. The lowest BCUT2D eigenvalue weighted by Crippen LogP contribution is -2.30. The van der Waals surface area contributed by atoms with Crippen LogP contribution in [0, 0.1) is 0 Å². The predicted octanol–water partition coefficient (Wildman–Crippen LogP) is 3.14. The number of rotatable bonds is 5. The van der Waals surface area contributed by atoms with Gasteiger partial charge < -0.3 is 15.0 Å². The summed E-state index contributed by atoms with van der Waals surface area (Å²) in [7, 11) is 3.36. The zero-order valence-corrected chi connectivity index (χ0v) is 14.1. The SMILES string of the molecule is COc1ccc(CN(C)C(=O)Nc2cn[nH]c2-c2ccccn2)cc1. The fourth-order valence-corrected chi connectivity index (χ4v) is 2.37. The zero-order valence-electron chi connectivity index (χ0n) is 14.1. The Kier molecular flexibility index (Phi) is 4.94. The van der Waals surface area contributed by atoms with E-state index in [1.165, 1.54) is 0 Å². The second kappa shape index (κ2) is 7.48. The van der Waals surface area contributed by atoms with Crippen molar-refractivity contribution in [2.45, 2.75) is 6.54 Å². The number of nitrogens with zero attached hydrogens (tertiary/aromatic N) is 3. The number of methoxy groups -OCH3 is 1. The van der Waals surface area contributed by atoms with Crippen LogP contribution in [0.2, 0.25) is 0 Å². The summed E-state index contributed by atoms with van der Waals surface area (Å²) < 4.78 is 5.14. The molecule has 0 radical (unpaired) electrons. The third kappa shape index (κ3) is 3.95. The number of aromatic amines is 1. The second-order valence-electron chi connectivity index (χ2n) is 5.51. The number of aromatic nitrogens is 3. The van der Waals surface area contributed by atoms with Gasteiger partial charge in [-0.15, -0.1) is 0 Å². The van der Waals surface area contributed by atoms with Gasteiger partial charge in [-0.1, -0.05) is 18.2 Å². The Hall–Kier alpha value is -3.35. The molecule has 0 saturated heterocycles. The highest BCUT2D eigenvalue weighted by molar-refractivity contribution is 5.92. The maximum atomic E-state index is 12.4. The summed E-state index contributed by atoms with van der Waals surface area (Å²) in [5, 5.41) is 9.73. The molecule has 0 saturated carbocycles. The first kappa shape index (κ1) is 16.5. The van der Waals surface area contributed by atoms with E-state index in [1.807, 2.05) is 42.5 Å². The molecule has 7 heteroatoms. The van der Waals surface area contributed by atoms with Gasteiger partial charge in [0.2, 0.25) is 0 Å². The van der Waals surface area contributed by atoms with E-state index in [9.17, 15) is 4.79 Å². The van der Waals surface area contributed by atoms with E-state index in [2.05, 4.69) is 20.5 Å². The third-order valence-corrected chi connectivity index (χ3v) is 3.73. The number of nitrogens with one attached hydrogen (secondary N) is 2. The van der Waals surface area contributed by atoms with E-state index < -0.39 is 0 Å². The molecule has 128 valence electrons. The zero-order chi connectivity index (χ0) is 17.6. The molecule has 0 bridgehead atoms. The van der Waals surface area contributed by atoms with E-state index in [4.69, 9.17) is 4.74 Å². The van der Waals surface area contributed by atoms with Gasteiger partial charge in [0.15, 0.2) is 0 Å². The highest BCUT2D eigenvalue weighted by Crippen LogP contribution is 2.23. The molecule has 2 heterocycles. The van der Waals surface area contributed by atoms with Gasteiger partial charge in [0.05, 0.1) is 24.7 Å². The third-order valence-electron chi connectivity index (χ3n) is 3.73. The molecule has 0 aliphatic heterocycles. The second-order valence-corrected chi connectivity index (χ2v) is 5.51. The van der Waals surface area contributed by atoms with Crippen molar-refractivity contribution in [3.8, 4) is 17.1 Å². The normalized spacial score (nSPS) is 10.3. The van der Waals surface area contributed by atoms with Crippen molar-refractivity contribution in [2.75, 3.05) is 19.5 Å². The molecule has 2 amide bonds. The lowest BCUT2D eigenvalue weighted by molar-refractivity contribution is 0.220. The van der Waals surface area contributed by atoms with E-state index in [-0.39, 0.29) is 6.03 Å². The first-order valence-corrected chi connectivity index (χ1v) is 7.77. The van der Waals surface area contributed by atoms with Crippen LogP contribution < -0.4 is 10.1 Å². The average Bonchev–Trinajstić information content (AvgIpc) is 3.11. The summed E-state index contributed by atoms with van der Waals surface area (Å²) in [6.07, 6.45) is 3.26. The molecule has 0 atom stereocenters. The lowest BCUT2D eigenvalue weighted by atomic mass is 10.2. The Morgan fingerprint density at radius 3 is 2.72 bits per heavy atom. The Bertz CT molecular complexity index is 830. The van der Waals surface area contributed by atoms with Crippen LogP contribution in [0.15, 0.2) is 54.9 Å². The van der Waals surface area contributed by atoms with Gasteiger partial charge in [-0.05, 0) is 29.8 Å². The minimum absolute atomic E-state index is 0.227. The number of pyridine rings is 1. The molecule has 0 aliphatic rings. The quantitative estimate of drug-likeness (QED) is 0.749. The largest absolute Gasteiger partial charge is 0.497 e. The number of urea groups is 1. The first-order chi connectivity index (χ1) is 12.2. The van der Waals surface area contributed by atoms with Crippen LogP contribution in [-0.2, 0) is 6.54 Å². The van der Waals surface area contributed by atoms with Crippen molar-refractivity contribution in [1.82, 2.24) is 20.1 Å². The molecule has 25 heavy (non-hydrogen) atoms. The summed E-state index contributed by atoms with van der Waals surface area (Å²) in [6, 6.07) is 12.9. The molecule has 0 aliphatic carbocycles. The summed E-state index contributed by atoms with van der Waals surface area (Å²) in [4.78, 5) is 18.3. The minimum Gasteiger partial charge on any atom is -0.497 e. The average molecular weight is 337 g/mol. The Morgan fingerprint density at radius 2 is 2.04 bits per heavy atom. The van der Waals surface area contributed by atoms with Gasteiger partial charge in [-0.3, -0.25) is 10.1 Å². The molecule has 2 N–H and O–H groups in total.